The molecule has 0 saturated carbocycles. The molecule has 2 rings (SSSR count). The van der Waals surface area contributed by atoms with Crippen LogP contribution in [0.5, 0.6) is 0 Å². The van der Waals surface area contributed by atoms with Crippen LogP contribution in [0.25, 0.3) is 0 Å². The highest BCUT2D eigenvalue weighted by Crippen LogP contribution is 2.39. The topological polar surface area (TPSA) is 76.1 Å². The van der Waals surface area contributed by atoms with Gasteiger partial charge in [0.15, 0.2) is 11.9 Å². The van der Waals surface area contributed by atoms with E-state index in [0.29, 0.717) is 6.17 Å². The maximum Gasteiger partial charge on any atom is 0.305 e. The second-order valence-corrected chi connectivity index (χ2v) is 12.7. The first-order valence-corrected chi connectivity index (χ1v) is 10.6. The molecule has 3 atom stereocenters. The van der Waals surface area contributed by atoms with Gasteiger partial charge in [0.1, 0.15) is 6.10 Å². The molecule has 1 N–H and O–H groups in total. The molecule has 0 radical (unpaired) electrons. The van der Waals surface area contributed by atoms with E-state index in [1.54, 1.807) is 18.7 Å². The molecule has 2 saturated heterocycles. The summed E-state index contributed by atoms with van der Waals surface area (Å²) in [6.45, 7) is 9.95. The van der Waals surface area contributed by atoms with E-state index in [-0.39, 0.29) is 12.3 Å². The summed E-state index contributed by atoms with van der Waals surface area (Å²) in [5.41, 5.74) is 0. The van der Waals surface area contributed by atoms with Crippen molar-refractivity contribution in [1.82, 2.24) is 4.90 Å². The molecule has 0 spiro atoms. The van der Waals surface area contributed by atoms with Gasteiger partial charge >= 0.3 is 5.97 Å². The standard InChI is InChI=1S/C13H23NO5Si/c1-13(2)18-10-8(6-9(15)16)14(7-20(3,4)5)12(17)11(10)19-13/h8,10-11H,6-7H2,1-5H3,(H,15,16)/t8-,10-,11-/m1/s1. The van der Waals surface area contributed by atoms with Crippen LogP contribution in [0, 0.1) is 0 Å². The Kier molecular flexibility index (Phi) is 3.73. The lowest BCUT2D eigenvalue weighted by atomic mass is 10.1. The minimum absolute atomic E-state index is 0.100. The second kappa shape index (κ2) is 4.82. The summed E-state index contributed by atoms with van der Waals surface area (Å²) in [7, 11) is -1.54. The number of carbonyl (C=O) groups excluding carboxylic acids is 1. The van der Waals surface area contributed by atoms with E-state index in [4.69, 9.17) is 14.6 Å². The number of nitrogens with zero attached hydrogens (tertiary/aromatic N) is 1. The lowest BCUT2D eigenvalue weighted by molar-refractivity contribution is -0.173. The fourth-order valence-electron chi connectivity index (χ4n) is 2.88. The highest BCUT2D eigenvalue weighted by Gasteiger charge is 2.58. The molecule has 2 fully saturated rings. The Hall–Kier alpha value is -0.923. The molecule has 2 heterocycles. The van der Waals surface area contributed by atoms with Crippen LogP contribution in [-0.4, -0.2) is 60.2 Å². The molecule has 114 valence electrons. The quantitative estimate of drug-likeness (QED) is 0.786. The first-order chi connectivity index (χ1) is 9.00. The predicted octanol–water partition coefficient (Wildman–Crippen LogP) is 1.07. The number of aliphatic carboxylic acids is 1. The number of carbonyl (C=O) groups is 2. The monoisotopic (exact) mass is 301 g/mol. The summed E-state index contributed by atoms with van der Waals surface area (Å²) in [5, 5.41) is 9.10. The van der Waals surface area contributed by atoms with Crippen molar-refractivity contribution in [3.05, 3.63) is 0 Å². The van der Waals surface area contributed by atoms with Gasteiger partial charge in [0.2, 0.25) is 0 Å². The van der Waals surface area contributed by atoms with Gasteiger partial charge in [-0.25, -0.2) is 0 Å². The van der Waals surface area contributed by atoms with Crippen molar-refractivity contribution in [1.29, 1.82) is 0 Å². The molecular weight excluding hydrogens is 278 g/mol. The van der Waals surface area contributed by atoms with Crippen LogP contribution in [0.1, 0.15) is 20.3 Å². The molecule has 7 heteroatoms. The summed E-state index contributed by atoms with van der Waals surface area (Å²) < 4.78 is 11.4. The number of ether oxygens (including phenoxy) is 2. The molecule has 0 aromatic heterocycles. The Bertz CT molecular complexity index is 431. The van der Waals surface area contributed by atoms with Gasteiger partial charge in [-0.1, -0.05) is 19.6 Å². The van der Waals surface area contributed by atoms with Crippen LogP contribution >= 0.6 is 0 Å². The molecular formula is C13H23NO5Si. The highest BCUT2D eigenvalue weighted by atomic mass is 28.3. The van der Waals surface area contributed by atoms with Crippen molar-refractivity contribution in [3.8, 4) is 0 Å². The van der Waals surface area contributed by atoms with Crippen LogP contribution in [0.2, 0.25) is 19.6 Å². The van der Waals surface area contributed by atoms with E-state index >= 15 is 0 Å². The molecule has 2 aliphatic heterocycles. The van der Waals surface area contributed by atoms with E-state index < -0.39 is 38.1 Å². The number of likely N-dealkylation sites (tertiary alicyclic amines) is 1. The van der Waals surface area contributed by atoms with Crippen LogP contribution in [0.15, 0.2) is 0 Å². The number of rotatable bonds is 4. The zero-order valence-electron chi connectivity index (χ0n) is 12.7. The first-order valence-electron chi connectivity index (χ1n) is 6.88. The predicted molar refractivity (Wildman–Crippen MR) is 74.9 cm³/mol. The zero-order chi connectivity index (χ0) is 15.3. The van der Waals surface area contributed by atoms with Gasteiger partial charge in [-0.05, 0) is 13.8 Å². The molecule has 0 unspecified atom stereocenters. The van der Waals surface area contributed by atoms with Gasteiger partial charge in [0.25, 0.3) is 5.91 Å². The minimum atomic E-state index is -1.54. The van der Waals surface area contributed by atoms with Gasteiger partial charge in [0, 0.05) is 6.17 Å². The summed E-state index contributed by atoms with van der Waals surface area (Å²) in [4.78, 5) is 25.3. The largest absolute Gasteiger partial charge is 0.481 e. The number of hydrogen-bond acceptors (Lipinski definition) is 4. The average molecular weight is 301 g/mol. The summed E-state index contributed by atoms with van der Waals surface area (Å²) >= 11 is 0. The number of amides is 1. The van der Waals surface area contributed by atoms with Gasteiger partial charge in [-0.15, -0.1) is 0 Å². The van der Waals surface area contributed by atoms with Crippen LogP contribution in [-0.2, 0) is 19.1 Å². The number of fused-ring (bicyclic) bond motifs is 1. The Balaban J connectivity index is 2.25. The van der Waals surface area contributed by atoms with Crippen molar-refractivity contribution in [3.63, 3.8) is 0 Å². The number of carboxylic acid groups (broad SMARTS) is 1. The van der Waals surface area contributed by atoms with E-state index in [9.17, 15) is 9.59 Å². The number of hydrogen-bond donors (Lipinski definition) is 1. The average Bonchev–Trinajstić information content (AvgIpc) is 2.65. The lowest BCUT2D eigenvalue weighted by Crippen LogP contribution is -2.48. The number of carboxylic acids is 1. The van der Waals surface area contributed by atoms with E-state index in [0.717, 1.165) is 0 Å². The van der Waals surface area contributed by atoms with Gasteiger partial charge < -0.3 is 19.5 Å². The fraction of sp³-hybridized carbons (Fsp3) is 0.846. The van der Waals surface area contributed by atoms with Crippen molar-refractivity contribution in [2.24, 2.45) is 0 Å². The third-order valence-electron chi connectivity index (χ3n) is 3.46. The maximum absolute atomic E-state index is 12.5. The second-order valence-electron chi connectivity index (χ2n) is 7.21. The van der Waals surface area contributed by atoms with Crippen LogP contribution in [0.4, 0.5) is 0 Å². The van der Waals surface area contributed by atoms with E-state index in [2.05, 4.69) is 19.6 Å². The molecule has 0 aromatic rings. The molecule has 20 heavy (non-hydrogen) atoms. The van der Waals surface area contributed by atoms with Crippen molar-refractivity contribution < 1.29 is 24.2 Å². The van der Waals surface area contributed by atoms with Gasteiger partial charge in [-0.3, -0.25) is 9.59 Å². The summed E-state index contributed by atoms with van der Waals surface area (Å²) in [6.07, 6.45) is -0.614. The SMILES string of the molecule is CC1(C)O[C@@H]2[C@@H](CC(=O)O)N(C[Si](C)(C)C)C(=O)[C@@H]2O1. The Labute approximate surface area is 120 Å². The molecule has 6 nitrogen and oxygen atoms in total. The van der Waals surface area contributed by atoms with Crippen molar-refractivity contribution >= 4 is 20.0 Å². The Morgan fingerprint density at radius 1 is 1.35 bits per heavy atom. The zero-order valence-corrected chi connectivity index (χ0v) is 13.7. The van der Waals surface area contributed by atoms with E-state index in [1.807, 2.05) is 0 Å². The smallest absolute Gasteiger partial charge is 0.305 e. The Morgan fingerprint density at radius 3 is 2.45 bits per heavy atom. The normalized spacial score (nSPS) is 32.5. The van der Waals surface area contributed by atoms with Crippen LogP contribution in [0.3, 0.4) is 0 Å². The Morgan fingerprint density at radius 2 is 1.95 bits per heavy atom. The van der Waals surface area contributed by atoms with Gasteiger partial charge in [0.05, 0.1) is 20.5 Å². The first kappa shape index (κ1) is 15.5. The maximum atomic E-state index is 12.5. The molecule has 0 aliphatic carbocycles. The fourth-order valence-corrected chi connectivity index (χ4v) is 4.29. The van der Waals surface area contributed by atoms with Gasteiger partial charge in [-0.2, -0.15) is 0 Å². The van der Waals surface area contributed by atoms with Crippen LogP contribution < -0.4 is 0 Å². The van der Waals surface area contributed by atoms with Crippen molar-refractivity contribution in [2.75, 3.05) is 6.17 Å². The molecule has 2 aliphatic rings. The van der Waals surface area contributed by atoms with E-state index in [1.165, 1.54) is 0 Å². The minimum Gasteiger partial charge on any atom is -0.481 e. The summed E-state index contributed by atoms with van der Waals surface area (Å²) in [5.74, 6) is -1.88. The molecule has 0 bridgehead atoms. The third kappa shape index (κ3) is 3.04. The third-order valence-corrected chi connectivity index (χ3v) is 4.75. The van der Waals surface area contributed by atoms with Crippen molar-refractivity contribution in [2.45, 2.75) is 63.9 Å². The lowest BCUT2D eigenvalue weighted by Gasteiger charge is -2.32. The highest BCUT2D eigenvalue weighted by molar-refractivity contribution is 6.76. The molecule has 0 aromatic carbocycles. The molecule has 1 amide bonds. The summed E-state index contributed by atoms with van der Waals surface area (Å²) in [6, 6.07) is -0.432.